The summed E-state index contributed by atoms with van der Waals surface area (Å²) in [5.41, 5.74) is -0.923. The van der Waals surface area contributed by atoms with Gasteiger partial charge in [-0.05, 0) is 20.4 Å². The highest BCUT2D eigenvalue weighted by atomic mass is 16.4. The summed E-state index contributed by atoms with van der Waals surface area (Å²) in [6, 6.07) is 0. The van der Waals surface area contributed by atoms with Crippen LogP contribution >= 0.6 is 0 Å². The van der Waals surface area contributed by atoms with E-state index in [2.05, 4.69) is 10.6 Å². The lowest BCUT2D eigenvalue weighted by atomic mass is 9.93. The zero-order chi connectivity index (χ0) is 12.8. The first kappa shape index (κ1) is 14.9. The Morgan fingerprint density at radius 2 is 1.94 bits per heavy atom. The normalized spacial score (nSPS) is 13.2. The Balaban J connectivity index is 4.02. The monoisotopic (exact) mass is 230 g/mol. The number of nitrogens with one attached hydrogen (secondary N) is 2. The average molecular weight is 230 g/mol. The summed E-state index contributed by atoms with van der Waals surface area (Å²) < 4.78 is 0. The summed E-state index contributed by atoms with van der Waals surface area (Å²) in [4.78, 5) is 22.4. The van der Waals surface area contributed by atoms with E-state index in [-0.39, 0.29) is 18.4 Å². The zero-order valence-electron chi connectivity index (χ0n) is 10.5. The van der Waals surface area contributed by atoms with Crippen molar-refractivity contribution in [1.29, 1.82) is 0 Å². The second-order valence-electron chi connectivity index (χ2n) is 4.62. The highest BCUT2D eigenvalue weighted by molar-refractivity contribution is 5.80. The Hall–Kier alpha value is -1.10. The molecule has 0 aliphatic carbocycles. The Labute approximate surface area is 96.6 Å². The first-order valence-corrected chi connectivity index (χ1v) is 5.53. The molecule has 1 amide bonds. The minimum absolute atomic E-state index is 0.115. The maximum atomic E-state index is 11.6. The van der Waals surface area contributed by atoms with E-state index in [0.717, 1.165) is 6.54 Å². The van der Waals surface area contributed by atoms with Crippen molar-refractivity contribution in [3.05, 3.63) is 0 Å². The van der Waals surface area contributed by atoms with E-state index in [1.807, 2.05) is 13.8 Å². The average Bonchev–Trinajstić information content (AvgIpc) is 2.22. The number of amides is 1. The molecule has 5 heteroatoms. The minimum atomic E-state index is -0.923. The van der Waals surface area contributed by atoms with Crippen molar-refractivity contribution in [3.63, 3.8) is 0 Å². The summed E-state index contributed by atoms with van der Waals surface area (Å²) in [5, 5.41) is 14.6. The smallest absolute Gasteiger partial charge is 0.310 e. The molecular weight excluding hydrogens is 208 g/mol. The number of carboxylic acid groups (broad SMARTS) is 1. The van der Waals surface area contributed by atoms with Gasteiger partial charge in [-0.25, -0.2) is 0 Å². The third-order valence-electron chi connectivity index (χ3n) is 2.43. The number of carbonyl (C=O) groups is 2. The molecule has 5 nitrogen and oxygen atoms in total. The first-order valence-electron chi connectivity index (χ1n) is 5.53. The number of carboxylic acids is 1. The van der Waals surface area contributed by atoms with Crippen molar-refractivity contribution in [3.8, 4) is 0 Å². The van der Waals surface area contributed by atoms with Gasteiger partial charge in [0.25, 0.3) is 0 Å². The van der Waals surface area contributed by atoms with Crippen molar-refractivity contribution in [2.45, 2.75) is 27.7 Å². The van der Waals surface area contributed by atoms with Crippen LogP contribution in [0.25, 0.3) is 0 Å². The predicted molar refractivity (Wildman–Crippen MR) is 62.1 cm³/mol. The number of carbonyl (C=O) groups excluding carboxylic acids is 1. The van der Waals surface area contributed by atoms with Gasteiger partial charge in [-0.3, -0.25) is 9.59 Å². The Kier molecular flexibility index (Phi) is 6.03. The van der Waals surface area contributed by atoms with Crippen LogP contribution in [0.3, 0.4) is 0 Å². The van der Waals surface area contributed by atoms with Crippen LogP contribution in [0.2, 0.25) is 0 Å². The summed E-state index contributed by atoms with van der Waals surface area (Å²) in [6.45, 7) is 8.53. The van der Waals surface area contributed by atoms with Gasteiger partial charge in [-0.2, -0.15) is 0 Å². The molecule has 94 valence electrons. The summed E-state index contributed by atoms with van der Waals surface area (Å²) >= 11 is 0. The van der Waals surface area contributed by atoms with Gasteiger partial charge in [0, 0.05) is 19.0 Å². The number of hydrogen-bond donors (Lipinski definition) is 3. The number of rotatable bonds is 7. The van der Waals surface area contributed by atoms with Gasteiger partial charge < -0.3 is 15.7 Å². The molecular formula is C11H22N2O3. The molecule has 1 atom stereocenters. The molecule has 1 unspecified atom stereocenters. The van der Waals surface area contributed by atoms with E-state index in [4.69, 9.17) is 5.11 Å². The van der Waals surface area contributed by atoms with E-state index in [9.17, 15) is 9.59 Å². The highest BCUT2D eigenvalue weighted by Crippen LogP contribution is 2.13. The third-order valence-corrected chi connectivity index (χ3v) is 2.43. The van der Waals surface area contributed by atoms with Crippen LogP contribution in [0.5, 0.6) is 0 Å². The van der Waals surface area contributed by atoms with Crippen LogP contribution < -0.4 is 10.6 Å². The van der Waals surface area contributed by atoms with Gasteiger partial charge in [0.2, 0.25) is 5.91 Å². The van der Waals surface area contributed by atoms with Crippen molar-refractivity contribution >= 4 is 11.9 Å². The quantitative estimate of drug-likeness (QED) is 0.593. The van der Waals surface area contributed by atoms with E-state index in [0.29, 0.717) is 6.54 Å². The summed E-state index contributed by atoms with van der Waals surface area (Å²) in [5.74, 6) is -1.17. The van der Waals surface area contributed by atoms with Gasteiger partial charge in [0.1, 0.15) is 0 Å². The second-order valence-corrected chi connectivity index (χ2v) is 4.62. The molecule has 0 radical (unpaired) electrons. The van der Waals surface area contributed by atoms with Crippen LogP contribution in [0, 0.1) is 11.3 Å². The molecule has 0 aromatic rings. The zero-order valence-corrected chi connectivity index (χ0v) is 10.5. The summed E-state index contributed by atoms with van der Waals surface area (Å²) in [7, 11) is 0. The standard InChI is InChI=1S/C11H22N2O3/c1-5-12-6-8(2)9(14)13-7-11(3,4)10(15)16/h8,12H,5-7H2,1-4H3,(H,13,14)(H,15,16). The molecule has 0 aliphatic heterocycles. The van der Waals surface area contributed by atoms with Crippen molar-refractivity contribution < 1.29 is 14.7 Å². The fraction of sp³-hybridized carbons (Fsp3) is 0.818. The topological polar surface area (TPSA) is 78.4 Å². The van der Waals surface area contributed by atoms with Gasteiger partial charge >= 0.3 is 5.97 Å². The van der Waals surface area contributed by atoms with E-state index in [1.165, 1.54) is 0 Å². The maximum Gasteiger partial charge on any atom is 0.310 e. The molecule has 0 aliphatic rings. The first-order chi connectivity index (χ1) is 7.31. The van der Waals surface area contributed by atoms with Crippen LogP contribution in [-0.2, 0) is 9.59 Å². The van der Waals surface area contributed by atoms with Crippen LogP contribution in [-0.4, -0.2) is 36.6 Å². The Morgan fingerprint density at radius 3 is 2.38 bits per heavy atom. The van der Waals surface area contributed by atoms with Crippen molar-refractivity contribution in [1.82, 2.24) is 10.6 Å². The second kappa shape index (κ2) is 6.48. The molecule has 0 spiro atoms. The predicted octanol–water partition coefficient (Wildman–Crippen LogP) is 0.459. The lowest BCUT2D eigenvalue weighted by Crippen LogP contribution is -2.42. The number of aliphatic carboxylic acids is 1. The number of hydrogen-bond acceptors (Lipinski definition) is 3. The Bertz CT molecular complexity index is 252. The molecule has 0 bridgehead atoms. The van der Waals surface area contributed by atoms with Crippen LogP contribution in [0.4, 0.5) is 0 Å². The summed E-state index contributed by atoms with van der Waals surface area (Å²) in [6.07, 6.45) is 0. The van der Waals surface area contributed by atoms with E-state index >= 15 is 0 Å². The van der Waals surface area contributed by atoms with Gasteiger partial charge in [0.15, 0.2) is 0 Å². The molecule has 0 fully saturated rings. The molecule has 0 aromatic carbocycles. The minimum Gasteiger partial charge on any atom is -0.481 e. The van der Waals surface area contributed by atoms with Gasteiger partial charge in [-0.15, -0.1) is 0 Å². The lowest BCUT2D eigenvalue weighted by molar-refractivity contribution is -0.146. The van der Waals surface area contributed by atoms with E-state index < -0.39 is 11.4 Å². The van der Waals surface area contributed by atoms with Gasteiger partial charge in [-0.1, -0.05) is 13.8 Å². The molecule has 3 N–H and O–H groups in total. The fourth-order valence-corrected chi connectivity index (χ4v) is 1.01. The molecule has 0 saturated heterocycles. The van der Waals surface area contributed by atoms with Crippen LogP contribution in [0.15, 0.2) is 0 Å². The largest absolute Gasteiger partial charge is 0.481 e. The molecule has 0 heterocycles. The molecule has 0 aromatic heterocycles. The fourth-order valence-electron chi connectivity index (χ4n) is 1.01. The van der Waals surface area contributed by atoms with Crippen LogP contribution in [0.1, 0.15) is 27.7 Å². The van der Waals surface area contributed by atoms with Gasteiger partial charge in [0.05, 0.1) is 5.41 Å². The Morgan fingerprint density at radius 1 is 1.38 bits per heavy atom. The SMILES string of the molecule is CCNCC(C)C(=O)NCC(C)(C)C(=O)O. The van der Waals surface area contributed by atoms with Crippen molar-refractivity contribution in [2.24, 2.45) is 11.3 Å². The molecule has 0 rings (SSSR count). The molecule has 0 saturated carbocycles. The maximum absolute atomic E-state index is 11.6. The highest BCUT2D eigenvalue weighted by Gasteiger charge is 2.28. The molecule has 16 heavy (non-hydrogen) atoms. The lowest BCUT2D eigenvalue weighted by Gasteiger charge is -2.21. The third kappa shape index (κ3) is 5.11. The van der Waals surface area contributed by atoms with Crippen molar-refractivity contribution in [2.75, 3.05) is 19.6 Å². The van der Waals surface area contributed by atoms with E-state index in [1.54, 1.807) is 13.8 Å².